The van der Waals surface area contributed by atoms with Crippen LogP contribution in [0.15, 0.2) is 48.5 Å². The fraction of sp³-hybridized carbons (Fsp3) is 0.125. The van der Waals surface area contributed by atoms with E-state index < -0.39 is 4.92 Å². The number of nitrogens with zero attached hydrogens (tertiary/aromatic N) is 3. The van der Waals surface area contributed by atoms with Crippen molar-refractivity contribution in [1.29, 1.82) is 0 Å². The van der Waals surface area contributed by atoms with E-state index in [2.05, 4.69) is 20.6 Å². The van der Waals surface area contributed by atoms with Gasteiger partial charge in [-0.25, -0.2) is 9.97 Å². The number of nitro benzene ring substituents is 1. The van der Waals surface area contributed by atoms with Crippen LogP contribution in [-0.4, -0.2) is 28.0 Å². The maximum atomic E-state index is 10.6. The number of aromatic nitrogens is 2. The maximum absolute atomic E-state index is 10.6. The topological polar surface area (TPSA) is 93.0 Å². The number of fused-ring (bicyclic) bond motifs is 1. The zero-order chi connectivity index (χ0) is 16.9. The molecule has 0 saturated heterocycles. The van der Waals surface area contributed by atoms with Gasteiger partial charge in [0.05, 0.1) is 10.4 Å². The minimum atomic E-state index is -0.421. The van der Waals surface area contributed by atoms with Gasteiger partial charge in [-0.15, -0.1) is 0 Å². The maximum Gasteiger partial charge on any atom is 0.269 e. The minimum Gasteiger partial charge on any atom is -0.383 e. The van der Waals surface area contributed by atoms with E-state index in [1.54, 1.807) is 12.1 Å². The van der Waals surface area contributed by atoms with E-state index in [0.717, 1.165) is 16.6 Å². The first kappa shape index (κ1) is 15.9. The van der Waals surface area contributed by atoms with Gasteiger partial charge in [0, 0.05) is 36.3 Å². The Morgan fingerprint density at radius 3 is 2.46 bits per heavy atom. The molecule has 0 aliphatic carbocycles. The average molecular weight is 344 g/mol. The summed E-state index contributed by atoms with van der Waals surface area (Å²) in [4.78, 5) is 18.6. The van der Waals surface area contributed by atoms with Gasteiger partial charge in [0.25, 0.3) is 5.69 Å². The molecule has 8 heteroatoms. The molecule has 3 aromatic rings. The number of non-ortho nitro benzene ring substituents is 1. The van der Waals surface area contributed by atoms with Gasteiger partial charge in [-0.05, 0) is 35.9 Å². The van der Waals surface area contributed by atoms with Crippen molar-refractivity contribution in [2.24, 2.45) is 0 Å². The molecule has 0 aliphatic heterocycles. The van der Waals surface area contributed by atoms with E-state index >= 15 is 0 Å². The fourth-order valence-electron chi connectivity index (χ4n) is 2.27. The Hall–Kier alpha value is -2.93. The molecule has 122 valence electrons. The smallest absolute Gasteiger partial charge is 0.269 e. The SMILES string of the molecule is O=[N+]([O-])c1ccc(NCCNc2nc(Cl)nc3ccccc23)cc1. The summed E-state index contributed by atoms with van der Waals surface area (Å²) in [6, 6.07) is 13.9. The summed E-state index contributed by atoms with van der Waals surface area (Å²) in [5.74, 6) is 0.677. The van der Waals surface area contributed by atoms with Crippen LogP contribution in [0.1, 0.15) is 0 Å². The molecule has 0 spiro atoms. The molecule has 0 atom stereocenters. The van der Waals surface area contributed by atoms with Gasteiger partial charge in [0.1, 0.15) is 5.82 Å². The van der Waals surface area contributed by atoms with Crippen LogP contribution in [-0.2, 0) is 0 Å². The summed E-state index contributed by atoms with van der Waals surface area (Å²) in [7, 11) is 0. The van der Waals surface area contributed by atoms with Crippen LogP contribution >= 0.6 is 11.6 Å². The molecule has 0 unspecified atom stereocenters. The van der Waals surface area contributed by atoms with Crippen LogP contribution in [0.5, 0.6) is 0 Å². The monoisotopic (exact) mass is 343 g/mol. The van der Waals surface area contributed by atoms with Gasteiger partial charge < -0.3 is 10.6 Å². The lowest BCUT2D eigenvalue weighted by Gasteiger charge is -2.10. The normalized spacial score (nSPS) is 10.5. The van der Waals surface area contributed by atoms with Crippen LogP contribution in [0.25, 0.3) is 10.9 Å². The number of para-hydroxylation sites is 1. The summed E-state index contributed by atoms with van der Waals surface area (Å²) in [5.41, 5.74) is 1.66. The van der Waals surface area contributed by atoms with Gasteiger partial charge >= 0.3 is 0 Å². The lowest BCUT2D eigenvalue weighted by Crippen LogP contribution is -2.14. The van der Waals surface area contributed by atoms with Gasteiger partial charge in [0.2, 0.25) is 5.28 Å². The van der Waals surface area contributed by atoms with Crippen molar-refractivity contribution in [2.45, 2.75) is 0 Å². The summed E-state index contributed by atoms with van der Waals surface area (Å²) < 4.78 is 0. The molecule has 3 rings (SSSR count). The van der Waals surface area contributed by atoms with Crippen LogP contribution in [0.3, 0.4) is 0 Å². The molecule has 0 bridgehead atoms. The predicted molar refractivity (Wildman–Crippen MR) is 94.6 cm³/mol. The highest BCUT2D eigenvalue weighted by molar-refractivity contribution is 6.28. The van der Waals surface area contributed by atoms with Gasteiger partial charge in [-0.1, -0.05) is 12.1 Å². The van der Waals surface area contributed by atoms with Crippen molar-refractivity contribution in [3.8, 4) is 0 Å². The van der Waals surface area contributed by atoms with Crippen molar-refractivity contribution in [2.75, 3.05) is 23.7 Å². The molecule has 7 nitrogen and oxygen atoms in total. The Bertz CT molecular complexity index is 870. The van der Waals surface area contributed by atoms with Crippen molar-refractivity contribution in [3.63, 3.8) is 0 Å². The summed E-state index contributed by atoms with van der Waals surface area (Å²) in [6.45, 7) is 1.22. The van der Waals surface area contributed by atoms with E-state index in [9.17, 15) is 10.1 Å². The molecular weight excluding hydrogens is 330 g/mol. The van der Waals surface area contributed by atoms with Crippen molar-refractivity contribution < 1.29 is 4.92 Å². The number of nitro groups is 1. The van der Waals surface area contributed by atoms with E-state index in [0.29, 0.717) is 18.9 Å². The van der Waals surface area contributed by atoms with E-state index in [1.165, 1.54) is 12.1 Å². The Kier molecular flexibility index (Phi) is 4.72. The minimum absolute atomic E-state index is 0.0702. The molecule has 0 saturated carbocycles. The molecule has 0 aliphatic rings. The summed E-state index contributed by atoms with van der Waals surface area (Å²) in [6.07, 6.45) is 0. The number of nitrogens with one attached hydrogen (secondary N) is 2. The highest BCUT2D eigenvalue weighted by Crippen LogP contribution is 2.21. The quantitative estimate of drug-likeness (QED) is 0.307. The van der Waals surface area contributed by atoms with Crippen LogP contribution < -0.4 is 10.6 Å². The van der Waals surface area contributed by atoms with Gasteiger partial charge in [-0.2, -0.15) is 0 Å². The first-order valence-corrected chi connectivity index (χ1v) is 7.66. The molecule has 0 fully saturated rings. The largest absolute Gasteiger partial charge is 0.383 e. The van der Waals surface area contributed by atoms with E-state index in [1.807, 2.05) is 24.3 Å². The molecule has 2 aromatic carbocycles. The average Bonchev–Trinajstić information content (AvgIpc) is 2.58. The lowest BCUT2D eigenvalue weighted by molar-refractivity contribution is -0.384. The Balaban J connectivity index is 1.60. The summed E-state index contributed by atoms with van der Waals surface area (Å²) in [5, 5.41) is 18.1. The Morgan fingerprint density at radius 1 is 1.00 bits per heavy atom. The van der Waals surface area contributed by atoms with Gasteiger partial charge in [0.15, 0.2) is 0 Å². The van der Waals surface area contributed by atoms with Crippen molar-refractivity contribution >= 4 is 39.7 Å². The number of hydrogen-bond acceptors (Lipinski definition) is 6. The second-order valence-corrected chi connectivity index (χ2v) is 5.35. The van der Waals surface area contributed by atoms with E-state index in [-0.39, 0.29) is 11.0 Å². The lowest BCUT2D eigenvalue weighted by atomic mass is 10.2. The molecule has 0 radical (unpaired) electrons. The van der Waals surface area contributed by atoms with Crippen molar-refractivity contribution in [3.05, 3.63) is 63.9 Å². The molecule has 1 aromatic heterocycles. The number of halogens is 1. The van der Waals surface area contributed by atoms with E-state index in [4.69, 9.17) is 11.6 Å². The molecular formula is C16H14ClN5O2. The highest BCUT2D eigenvalue weighted by Gasteiger charge is 2.06. The molecule has 0 amide bonds. The van der Waals surface area contributed by atoms with Crippen molar-refractivity contribution in [1.82, 2.24) is 9.97 Å². The standard InChI is InChI=1S/C16H14ClN5O2/c17-16-20-14-4-2-1-3-13(14)15(21-16)19-10-9-18-11-5-7-12(8-6-11)22(23)24/h1-8,18H,9-10H2,(H,19,20,21). The first-order chi connectivity index (χ1) is 11.6. The zero-order valence-electron chi connectivity index (χ0n) is 12.6. The molecule has 24 heavy (non-hydrogen) atoms. The zero-order valence-corrected chi connectivity index (χ0v) is 13.3. The predicted octanol–water partition coefficient (Wildman–Crippen LogP) is 3.72. The Labute approximate surface area is 142 Å². The number of benzene rings is 2. The third-order valence-corrected chi connectivity index (χ3v) is 3.57. The van der Waals surface area contributed by atoms with Crippen LogP contribution in [0.4, 0.5) is 17.2 Å². The van der Waals surface area contributed by atoms with Crippen LogP contribution in [0, 0.1) is 10.1 Å². The Morgan fingerprint density at radius 2 is 1.71 bits per heavy atom. The third kappa shape index (κ3) is 3.69. The fourth-order valence-corrected chi connectivity index (χ4v) is 2.45. The second kappa shape index (κ2) is 7.10. The number of anilines is 2. The number of rotatable bonds is 6. The van der Waals surface area contributed by atoms with Gasteiger partial charge in [-0.3, -0.25) is 10.1 Å². The molecule has 1 heterocycles. The highest BCUT2D eigenvalue weighted by atomic mass is 35.5. The summed E-state index contributed by atoms with van der Waals surface area (Å²) >= 11 is 5.94. The first-order valence-electron chi connectivity index (χ1n) is 7.28. The number of hydrogen-bond donors (Lipinski definition) is 2. The van der Waals surface area contributed by atoms with Crippen LogP contribution in [0.2, 0.25) is 5.28 Å². The third-order valence-electron chi connectivity index (χ3n) is 3.40. The second-order valence-electron chi connectivity index (χ2n) is 5.02. The molecule has 2 N–H and O–H groups in total.